The van der Waals surface area contributed by atoms with Gasteiger partial charge in [0.15, 0.2) is 0 Å². The van der Waals surface area contributed by atoms with E-state index in [1.165, 1.54) is 5.56 Å². The molecule has 0 radical (unpaired) electrons. The molecule has 1 heterocycles. The lowest BCUT2D eigenvalue weighted by molar-refractivity contribution is -0.128. The molecule has 17 heavy (non-hydrogen) atoms. The van der Waals surface area contributed by atoms with Gasteiger partial charge >= 0.3 is 0 Å². The molecule has 0 saturated carbocycles. The lowest BCUT2D eigenvalue weighted by atomic mass is 10.1. The fraction of sp³-hybridized carbons (Fsp3) is 0.400. The minimum Gasteiger partial charge on any atom is -0.339 e. The van der Waals surface area contributed by atoms with Gasteiger partial charge in [0, 0.05) is 19.0 Å². The van der Waals surface area contributed by atoms with Gasteiger partial charge in [0.25, 0.3) is 0 Å². The lowest BCUT2D eigenvalue weighted by Crippen LogP contribution is -2.34. The van der Waals surface area contributed by atoms with Gasteiger partial charge in [-0.05, 0) is 24.8 Å². The molecule has 1 aromatic rings. The number of hydrogen-bond acceptors (Lipinski definition) is 1. The maximum Gasteiger partial charge on any atom is 0.222 e. The highest BCUT2D eigenvalue weighted by atomic mass is 16.2. The topological polar surface area (TPSA) is 20.3 Å². The first-order chi connectivity index (χ1) is 8.31. The lowest BCUT2D eigenvalue weighted by Gasteiger charge is -2.23. The first-order valence-electron chi connectivity index (χ1n) is 6.25. The molecular weight excluding hydrogens is 210 g/mol. The molecule has 1 atom stereocenters. The Morgan fingerprint density at radius 2 is 2.12 bits per heavy atom. The van der Waals surface area contributed by atoms with Crippen LogP contribution in [0.2, 0.25) is 0 Å². The van der Waals surface area contributed by atoms with E-state index in [9.17, 15) is 4.79 Å². The molecule has 0 aliphatic carbocycles. The Hall–Kier alpha value is -1.57. The number of rotatable bonds is 5. The van der Waals surface area contributed by atoms with Gasteiger partial charge in [-0.3, -0.25) is 4.79 Å². The Morgan fingerprint density at radius 3 is 2.82 bits per heavy atom. The summed E-state index contributed by atoms with van der Waals surface area (Å²) in [6.45, 7) is 4.60. The van der Waals surface area contributed by atoms with Crippen LogP contribution in [0.3, 0.4) is 0 Å². The molecule has 1 fully saturated rings. The summed E-state index contributed by atoms with van der Waals surface area (Å²) in [6, 6.07) is 10.7. The number of amides is 1. The van der Waals surface area contributed by atoms with E-state index in [2.05, 4.69) is 18.7 Å². The van der Waals surface area contributed by atoms with Crippen LogP contribution < -0.4 is 0 Å². The summed E-state index contributed by atoms with van der Waals surface area (Å²) < 4.78 is 0. The Bertz CT molecular complexity index is 385. The van der Waals surface area contributed by atoms with E-state index in [1.807, 2.05) is 29.2 Å². The van der Waals surface area contributed by atoms with Crippen LogP contribution in [0.15, 0.2) is 43.0 Å². The Balaban J connectivity index is 1.92. The highest BCUT2D eigenvalue weighted by Crippen LogP contribution is 2.21. The largest absolute Gasteiger partial charge is 0.339 e. The molecule has 0 bridgehead atoms. The Labute approximate surface area is 103 Å². The molecule has 2 nitrogen and oxygen atoms in total. The third kappa shape index (κ3) is 2.96. The summed E-state index contributed by atoms with van der Waals surface area (Å²) in [5.74, 6) is 0.299. The molecule has 1 aliphatic rings. The van der Waals surface area contributed by atoms with Crippen molar-refractivity contribution in [1.82, 2.24) is 4.90 Å². The number of likely N-dealkylation sites (tertiary alicyclic amines) is 1. The average Bonchev–Trinajstić information content (AvgIpc) is 2.70. The molecule has 2 rings (SSSR count). The maximum absolute atomic E-state index is 11.8. The van der Waals surface area contributed by atoms with Gasteiger partial charge in [0.2, 0.25) is 5.91 Å². The van der Waals surface area contributed by atoms with Crippen molar-refractivity contribution >= 4 is 5.91 Å². The van der Waals surface area contributed by atoms with Crippen LogP contribution in [0, 0.1) is 0 Å². The zero-order chi connectivity index (χ0) is 12.1. The van der Waals surface area contributed by atoms with Gasteiger partial charge in [-0.25, -0.2) is 0 Å². The highest BCUT2D eigenvalue weighted by molar-refractivity contribution is 5.78. The van der Waals surface area contributed by atoms with Gasteiger partial charge in [-0.1, -0.05) is 36.4 Å². The second kappa shape index (κ2) is 5.67. The minimum atomic E-state index is 0.299. The van der Waals surface area contributed by atoms with E-state index in [1.54, 1.807) is 0 Å². The highest BCUT2D eigenvalue weighted by Gasteiger charge is 2.29. The smallest absolute Gasteiger partial charge is 0.222 e. The van der Waals surface area contributed by atoms with Crippen LogP contribution in [-0.2, 0) is 11.2 Å². The second-order valence-electron chi connectivity index (χ2n) is 4.54. The number of carbonyl (C=O) groups excluding carboxylic acids is 1. The van der Waals surface area contributed by atoms with Gasteiger partial charge in [0.05, 0.1) is 0 Å². The summed E-state index contributed by atoms with van der Waals surface area (Å²) >= 11 is 0. The minimum absolute atomic E-state index is 0.299. The van der Waals surface area contributed by atoms with Gasteiger partial charge in [-0.2, -0.15) is 0 Å². The summed E-state index contributed by atoms with van der Waals surface area (Å²) in [7, 11) is 0. The third-order valence-electron chi connectivity index (χ3n) is 3.38. The number of benzene rings is 1. The number of carbonyl (C=O) groups is 1. The predicted molar refractivity (Wildman–Crippen MR) is 69.7 cm³/mol. The fourth-order valence-corrected chi connectivity index (χ4v) is 2.43. The summed E-state index contributed by atoms with van der Waals surface area (Å²) in [5.41, 5.74) is 1.30. The van der Waals surface area contributed by atoms with Crippen LogP contribution in [0.4, 0.5) is 0 Å². The monoisotopic (exact) mass is 229 g/mol. The molecule has 2 heteroatoms. The molecule has 1 amide bonds. The number of nitrogens with zero attached hydrogens (tertiary/aromatic N) is 1. The molecule has 0 aromatic heterocycles. The fourth-order valence-electron chi connectivity index (χ4n) is 2.43. The standard InChI is InChI=1S/C15H19NO/c1-2-6-14-9-10-15(17)16(14)12-11-13-7-4-3-5-8-13/h2-5,7-8,14H,1,6,9-12H2. The van der Waals surface area contributed by atoms with E-state index in [0.717, 1.165) is 25.8 Å². The SMILES string of the molecule is C=CCC1CCC(=O)N1CCc1ccccc1. The third-order valence-corrected chi connectivity index (χ3v) is 3.38. The van der Waals surface area contributed by atoms with Crippen LogP contribution in [-0.4, -0.2) is 23.4 Å². The summed E-state index contributed by atoms with van der Waals surface area (Å²) in [5, 5.41) is 0. The molecule has 0 spiro atoms. The van der Waals surface area contributed by atoms with Crippen molar-refractivity contribution in [2.45, 2.75) is 31.7 Å². The van der Waals surface area contributed by atoms with Crippen molar-refractivity contribution in [2.24, 2.45) is 0 Å². The van der Waals surface area contributed by atoms with Crippen molar-refractivity contribution in [3.05, 3.63) is 48.6 Å². The molecule has 1 aliphatic heterocycles. The first kappa shape index (κ1) is 11.9. The zero-order valence-electron chi connectivity index (χ0n) is 10.1. The Morgan fingerprint density at radius 1 is 1.35 bits per heavy atom. The van der Waals surface area contributed by atoms with E-state index < -0.39 is 0 Å². The summed E-state index contributed by atoms with van der Waals surface area (Å²) in [6.07, 6.45) is 5.46. The summed E-state index contributed by atoms with van der Waals surface area (Å²) in [4.78, 5) is 13.8. The van der Waals surface area contributed by atoms with Gasteiger partial charge in [-0.15, -0.1) is 6.58 Å². The predicted octanol–water partition coefficient (Wildman–Crippen LogP) is 2.80. The zero-order valence-corrected chi connectivity index (χ0v) is 10.1. The molecule has 90 valence electrons. The second-order valence-corrected chi connectivity index (χ2v) is 4.54. The van der Waals surface area contributed by atoms with Crippen molar-refractivity contribution < 1.29 is 4.79 Å². The van der Waals surface area contributed by atoms with Gasteiger partial charge in [0.1, 0.15) is 0 Å². The van der Waals surface area contributed by atoms with Crippen molar-refractivity contribution in [3.63, 3.8) is 0 Å². The molecule has 1 aromatic carbocycles. The van der Waals surface area contributed by atoms with E-state index in [0.29, 0.717) is 18.4 Å². The average molecular weight is 229 g/mol. The van der Waals surface area contributed by atoms with Gasteiger partial charge < -0.3 is 4.90 Å². The molecule has 1 unspecified atom stereocenters. The molecule has 0 N–H and O–H groups in total. The van der Waals surface area contributed by atoms with Crippen molar-refractivity contribution in [3.8, 4) is 0 Å². The van der Waals surface area contributed by atoms with Crippen molar-refractivity contribution in [2.75, 3.05) is 6.54 Å². The number of hydrogen-bond donors (Lipinski definition) is 0. The molecule has 1 saturated heterocycles. The van der Waals surface area contributed by atoms with Crippen LogP contribution in [0.1, 0.15) is 24.8 Å². The maximum atomic E-state index is 11.8. The van der Waals surface area contributed by atoms with Crippen molar-refractivity contribution in [1.29, 1.82) is 0 Å². The normalized spacial score (nSPS) is 19.6. The molecular formula is C15H19NO. The first-order valence-corrected chi connectivity index (χ1v) is 6.25. The Kier molecular flexibility index (Phi) is 3.97. The van der Waals surface area contributed by atoms with E-state index in [4.69, 9.17) is 0 Å². The van der Waals surface area contributed by atoms with E-state index >= 15 is 0 Å². The van der Waals surface area contributed by atoms with Crippen LogP contribution >= 0.6 is 0 Å². The van der Waals surface area contributed by atoms with Crippen LogP contribution in [0.25, 0.3) is 0 Å². The van der Waals surface area contributed by atoms with E-state index in [-0.39, 0.29) is 0 Å². The van der Waals surface area contributed by atoms with Crippen LogP contribution in [0.5, 0.6) is 0 Å². The quantitative estimate of drug-likeness (QED) is 0.711.